The van der Waals surface area contributed by atoms with Crippen LogP contribution in [0.5, 0.6) is 0 Å². The molecule has 0 saturated heterocycles. The minimum Gasteiger partial charge on any atom is -0.480 e. The van der Waals surface area contributed by atoms with Crippen LogP contribution in [0.4, 0.5) is 0 Å². The van der Waals surface area contributed by atoms with Crippen LogP contribution in [0.25, 0.3) is 0 Å². The van der Waals surface area contributed by atoms with Gasteiger partial charge in [0, 0.05) is 6.42 Å². The summed E-state index contributed by atoms with van der Waals surface area (Å²) >= 11 is 5.43. The maximum Gasteiger partial charge on any atom is 0.324 e. The number of nitrogens with zero attached hydrogens (tertiary/aromatic N) is 1. The molecule has 70 valence electrons. The highest BCUT2D eigenvalue weighted by atomic mass is 35.5. The molecular formula is C5H8Cl2N2O3. The fourth-order valence-corrected chi connectivity index (χ4v) is 0.909. The molecule has 5 nitrogen and oxygen atoms in total. The van der Waals surface area contributed by atoms with E-state index in [1.54, 1.807) is 0 Å². The first-order valence-corrected chi connectivity index (χ1v) is 3.35. The molecule has 0 aliphatic carbocycles. The molecule has 1 heterocycles. The van der Waals surface area contributed by atoms with Crippen molar-refractivity contribution in [3.05, 3.63) is 0 Å². The highest BCUT2D eigenvalue weighted by Gasteiger charge is 2.30. The third-order valence-electron chi connectivity index (χ3n) is 1.34. The molecule has 0 saturated carbocycles. The fourth-order valence-electron chi connectivity index (χ4n) is 0.717. The van der Waals surface area contributed by atoms with Crippen LogP contribution in [0.2, 0.25) is 0 Å². The lowest BCUT2D eigenvalue weighted by Crippen LogP contribution is -2.41. The summed E-state index contributed by atoms with van der Waals surface area (Å²) in [6, 6.07) is -1.06. The third-order valence-corrected chi connectivity index (χ3v) is 1.57. The van der Waals surface area contributed by atoms with Crippen molar-refractivity contribution in [2.24, 2.45) is 10.9 Å². The molecule has 0 aromatic heterocycles. The van der Waals surface area contributed by atoms with E-state index < -0.39 is 18.1 Å². The van der Waals surface area contributed by atoms with Gasteiger partial charge in [-0.05, 0) is 0 Å². The van der Waals surface area contributed by atoms with E-state index in [9.17, 15) is 4.79 Å². The zero-order valence-corrected chi connectivity index (χ0v) is 7.51. The van der Waals surface area contributed by atoms with Gasteiger partial charge in [0.25, 0.3) is 0 Å². The minimum absolute atomic E-state index is 0. The number of carbonyl (C=O) groups is 1. The molecule has 0 fully saturated rings. The number of carboxylic acids is 1. The van der Waals surface area contributed by atoms with E-state index in [1.165, 1.54) is 0 Å². The Morgan fingerprint density at radius 3 is 2.83 bits per heavy atom. The van der Waals surface area contributed by atoms with Crippen LogP contribution in [-0.4, -0.2) is 28.4 Å². The quantitative estimate of drug-likeness (QED) is 0.687. The highest BCUT2D eigenvalue weighted by Crippen LogP contribution is 2.14. The lowest BCUT2D eigenvalue weighted by Gasteiger charge is -2.11. The monoisotopic (exact) mass is 214 g/mol. The molecule has 1 aliphatic rings. The highest BCUT2D eigenvalue weighted by molar-refractivity contribution is 6.65. The molecule has 0 radical (unpaired) electrons. The van der Waals surface area contributed by atoms with Crippen molar-refractivity contribution >= 4 is 35.1 Å². The van der Waals surface area contributed by atoms with Gasteiger partial charge in [-0.3, -0.25) is 4.79 Å². The van der Waals surface area contributed by atoms with Crippen molar-refractivity contribution in [1.82, 2.24) is 0 Å². The molecule has 0 spiro atoms. The van der Waals surface area contributed by atoms with Gasteiger partial charge in [-0.2, -0.15) is 0 Å². The summed E-state index contributed by atoms with van der Waals surface area (Å²) < 4.78 is 0. The summed E-state index contributed by atoms with van der Waals surface area (Å²) in [4.78, 5) is 14.9. The molecule has 12 heavy (non-hydrogen) atoms. The van der Waals surface area contributed by atoms with Gasteiger partial charge in [0.15, 0.2) is 6.10 Å². The van der Waals surface area contributed by atoms with Gasteiger partial charge in [0.1, 0.15) is 11.2 Å². The van der Waals surface area contributed by atoms with Crippen molar-refractivity contribution in [2.45, 2.75) is 18.6 Å². The Morgan fingerprint density at radius 2 is 2.50 bits per heavy atom. The summed E-state index contributed by atoms with van der Waals surface area (Å²) in [7, 11) is 0. The Morgan fingerprint density at radius 1 is 1.92 bits per heavy atom. The van der Waals surface area contributed by atoms with Crippen molar-refractivity contribution in [3.63, 3.8) is 0 Å². The predicted octanol–water partition coefficient (Wildman–Crippen LogP) is 0.161. The maximum atomic E-state index is 10.3. The van der Waals surface area contributed by atoms with E-state index in [4.69, 9.17) is 22.4 Å². The van der Waals surface area contributed by atoms with E-state index in [0.29, 0.717) is 0 Å². The van der Waals surface area contributed by atoms with E-state index in [1.807, 2.05) is 0 Å². The molecule has 0 aromatic rings. The average Bonchev–Trinajstić information content (AvgIpc) is 2.34. The smallest absolute Gasteiger partial charge is 0.324 e. The second-order valence-corrected chi connectivity index (χ2v) is 2.62. The number of oxime groups is 1. The molecular weight excluding hydrogens is 207 g/mol. The Hall–Kier alpha value is -0.520. The van der Waals surface area contributed by atoms with Crippen LogP contribution < -0.4 is 5.73 Å². The van der Waals surface area contributed by atoms with E-state index in [-0.39, 0.29) is 24.0 Å². The summed E-state index contributed by atoms with van der Waals surface area (Å²) in [5, 5.41) is 12.0. The molecule has 0 bridgehead atoms. The molecule has 0 aromatic carbocycles. The van der Waals surface area contributed by atoms with E-state index in [2.05, 4.69) is 9.99 Å². The standard InChI is InChI=1S/C5H7ClN2O3.ClH/c6-3-1-2(11-8-3)4(7)5(9)10;/h2,4H,1,7H2,(H,9,10);1H. The first kappa shape index (κ1) is 11.5. The van der Waals surface area contributed by atoms with Crippen molar-refractivity contribution in [3.8, 4) is 0 Å². The van der Waals surface area contributed by atoms with Gasteiger partial charge in [-0.15, -0.1) is 12.4 Å². The number of carboxylic acid groups (broad SMARTS) is 1. The van der Waals surface area contributed by atoms with Crippen molar-refractivity contribution in [1.29, 1.82) is 0 Å². The Labute approximate surface area is 79.9 Å². The second kappa shape index (κ2) is 4.49. The summed E-state index contributed by atoms with van der Waals surface area (Å²) in [6.45, 7) is 0. The Bertz CT molecular complexity index is 209. The molecule has 7 heteroatoms. The van der Waals surface area contributed by atoms with Gasteiger partial charge in [-0.1, -0.05) is 16.8 Å². The number of halogens is 2. The molecule has 3 N–H and O–H groups in total. The molecule has 0 amide bonds. The topological polar surface area (TPSA) is 84.9 Å². The maximum absolute atomic E-state index is 10.3. The average molecular weight is 215 g/mol. The number of hydrogen-bond donors (Lipinski definition) is 2. The van der Waals surface area contributed by atoms with Crippen LogP contribution >= 0.6 is 24.0 Å². The van der Waals surface area contributed by atoms with Crippen molar-refractivity contribution in [2.75, 3.05) is 0 Å². The first-order chi connectivity index (χ1) is 5.11. The number of aliphatic carboxylic acids is 1. The van der Waals surface area contributed by atoms with Crippen LogP contribution in [-0.2, 0) is 9.63 Å². The molecule has 1 aliphatic heterocycles. The van der Waals surface area contributed by atoms with E-state index >= 15 is 0 Å². The number of nitrogens with two attached hydrogens (primary N) is 1. The predicted molar refractivity (Wildman–Crippen MR) is 45.6 cm³/mol. The van der Waals surface area contributed by atoms with Crippen LogP contribution in [0, 0.1) is 0 Å². The fraction of sp³-hybridized carbons (Fsp3) is 0.600. The molecule has 2 unspecified atom stereocenters. The second-order valence-electron chi connectivity index (χ2n) is 2.18. The first-order valence-electron chi connectivity index (χ1n) is 2.98. The summed E-state index contributed by atoms with van der Waals surface area (Å²) in [5.74, 6) is -1.11. The molecule has 1 rings (SSSR count). The van der Waals surface area contributed by atoms with Gasteiger partial charge >= 0.3 is 5.97 Å². The number of hydrogen-bond acceptors (Lipinski definition) is 4. The zero-order chi connectivity index (χ0) is 8.43. The van der Waals surface area contributed by atoms with Gasteiger partial charge in [0.05, 0.1) is 0 Å². The third kappa shape index (κ3) is 2.51. The Balaban J connectivity index is 0.00000121. The van der Waals surface area contributed by atoms with Gasteiger partial charge in [0.2, 0.25) is 0 Å². The normalized spacial score (nSPS) is 23.5. The zero-order valence-electron chi connectivity index (χ0n) is 5.94. The van der Waals surface area contributed by atoms with Crippen LogP contribution in [0.1, 0.15) is 6.42 Å². The van der Waals surface area contributed by atoms with Crippen molar-refractivity contribution < 1.29 is 14.7 Å². The van der Waals surface area contributed by atoms with Crippen LogP contribution in [0.15, 0.2) is 5.16 Å². The van der Waals surface area contributed by atoms with E-state index in [0.717, 1.165) is 0 Å². The largest absolute Gasteiger partial charge is 0.480 e. The van der Waals surface area contributed by atoms with Gasteiger partial charge < -0.3 is 15.7 Å². The Kier molecular flexibility index (Phi) is 4.30. The van der Waals surface area contributed by atoms with Crippen LogP contribution in [0.3, 0.4) is 0 Å². The minimum atomic E-state index is -1.11. The summed E-state index contributed by atoms with van der Waals surface area (Å²) in [5.41, 5.74) is 5.23. The lowest BCUT2D eigenvalue weighted by molar-refractivity contribution is -0.141. The SMILES string of the molecule is Cl.NC(C(=O)O)C1CC(Cl)=NO1. The van der Waals surface area contributed by atoms with Gasteiger partial charge in [-0.25, -0.2) is 0 Å². The molecule has 2 atom stereocenters. The summed E-state index contributed by atoms with van der Waals surface area (Å²) in [6.07, 6.45) is -0.352. The number of rotatable bonds is 2. The lowest BCUT2D eigenvalue weighted by atomic mass is 10.1.